The number of rotatable bonds is 2. The fourth-order valence-corrected chi connectivity index (χ4v) is 1.81. The van der Waals surface area contributed by atoms with E-state index in [0.717, 1.165) is 11.1 Å². The van der Waals surface area contributed by atoms with Crippen molar-refractivity contribution in [3.8, 4) is 0 Å². The van der Waals surface area contributed by atoms with Crippen LogP contribution < -0.4 is 0 Å². The van der Waals surface area contributed by atoms with Crippen molar-refractivity contribution in [2.45, 2.75) is 0 Å². The molecular formula is C14H10ClF. The Hall–Kier alpha value is -1.60. The summed E-state index contributed by atoms with van der Waals surface area (Å²) >= 11 is 5.53. The van der Waals surface area contributed by atoms with Gasteiger partial charge in [0.2, 0.25) is 0 Å². The Morgan fingerprint density at radius 2 is 1.12 bits per heavy atom. The normalized spacial score (nSPS) is 9.88. The fraction of sp³-hybridized carbons (Fsp3) is 0. The summed E-state index contributed by atoms with van der Waals surface area (Å²) in [6.07, 6.45) is 0. The van der Waals surface area contributed by atoms with Crippen LogP contribution in [0.1, 0.15) is 11.1 Å². The molecule has 0 amide bonds. The van der Waals surface area contributed by atoms with E-state index in [1.165, 1.54) is 0 Å². The molecule has 0 aliphatic heterocycles. The van der Waals surface area contributed by atoms with Crippen molar-refractivity contribution < 1.29 is 4.39 Å². The largest absolute Gasteiger partial charge is 0.197 e. The molecule has 0 saturated carbocycles. The van der Waals surface area contributed by atoms with Gasteiger partial charge in [-0.3, -0.25) is 0 Å². The average molecular weight is 233 g/mol. The first kappa shape index (κ1) is 10.9. The molecule has 0 heterocycles. The third-order valence-corrected chi connectivity index (χ3v) is 2.50. The fourth-order valence-electron chi connectivity index (χ4n) is 1.59. The Kier molecular flexibility index (Phi) is 3.37. The zero-order valence-electron chi connectivity index (χ0n) is 8.53. The van der Waals surface area contributed by atoms with Crippen LogP contribution in [0.5, 0.6) is 0 Å². The summed E-state index contributed by atoms with van der Waals surface area (Å²) in [5.41, 5.74) is 1.99. The van der Waals surface area contributed by atoms with E-state index < -0.39 is 5.29 Å². The molecule has 2 rings (SSSR count). The molecule has 0 N–H and O–H groups in total. The van der Waals surface area contributed by atoms with Crippen LogP contribution in [0, 0.1) is 0 Å². The molecule has 2 heteroatoms. The van der Waals surface area contributed by atoms with Gasteiger partial charge in [0.25, 0.3) is 0 Å². The van der Waals surface area contributed by atoms with Crippen LogP contribution in [0.3, 0.4) is 0 Å². The Balaban J connectivity index is 2.54. The Bertz CT molecular complexity index is 443. The molecule has 0 atom stereocenters. The first-order chi connectivity index (χ1) is 7.79. The van der Waals surface area contributed by atoms with Crippen LogP contribution >= 0.6 is 11.6 Å². The summed E-state index contributed by atoms with van der Waals surface area (Å²) in [6, 6.07) is 18.6. The molecule has 0 aliphatic carbocycles. The maximum atomic E-state index is 13.4. The molecule has 0 nitrogen and oxygen atoms in total. The minimum atomic E-state index is -0.683. The van der Waals surface area contributed by atoms with Gasteiger partial charge in [-0.25, -0.2) is 0 Å². The van der Waals surface area contributed by atoms with Gasteiger partial charge in [0.05, 0.1) is 0 Å². The quantitative estimate of drug-likeness (QED) is 0.709. The van der Waals surface area contributed by atoms with Gasteiger partial charge in [-0.05, 0) is 11.1 Å². The molecule has 0 saturated heterocycles. The zero-order chi connectivity index (χ0) is 11.4. The van der Waals surface area contributed by atoms with E-state index in [4.69, 9.17) is 11.6 Å². The predicted molar refractivity (Wildman–Crippen MR) is 65.9 cm³/mol. The van der Waals surface area contributed by atoms with Crippen molar-refractivity contribution in [1.82, 2.24) is 0 Å². The van der Waals surface area contributed by atoms with E-state index in [9.17, 15) is 4.39 Å². The predicted octanol–water partition coefficient (Wildman–Crippen LogP) is 4.61. The first-order valence-electron chi connectivity index (χ1n) is 4.95. The van der Waals surface area contributed by atoms with Gasteiger partial charge in [-0.15, -0.1) is 0 Å². The van der Waals surface area contributed by atoms with Crippen LogP contribution in [0.4, 0.5) is 4.39 Å². The smallest absolute Gasteiger partial charge is 0.193 e. The summed E-state index contributed by atoms with van der Waals surface area (Å²) in [5.74, 6) is 0. The zero-order valence-corrected chi connectivity index (χ0v) is 9.29. The lowest BCUT2D eigenvalue weighted by molar-refractivity contribution is 0.698. The Morgan fingerprint density at radius 1 is 0.750 bits per heavy atom. The van der Waals surface area contributed by atoms with Crippen molar-refractivity contribution in [3.05, 3.63) is 77.1 Å². The highest BCUT2D eigenvalue weighted by Gasteiger charge is 2.09. The third kappa shape index (κ3) is 2.31. The summed E-state index contributed by atoms with van der Waals surface area (Å²) in [6.45, 7) is 0. The highest BCUT2D eigenvalue weighted by Crippen LogP contribution is 2.29. The van der Waals surface area contributed by atoms with Gasteiger partial charge < -0.3 is 0 Å². The molecular weight excluding hydrogens is 223 g/mol. The van der Waals surface area contributed by atoms with Crippen molar-refractivity contribution in [2.24, 2.45) is 0 Å². The monoisotopic (exact) mass is 232 g/mol. The van der Waals surface area contributed by atoms with Gasteiger partial charge >= 0.3 is 0 Å². The lowest BCUT2D eigenvalue weighted by Gasteiger charge is -2.07. The van der Waals surface area contributed by atoms with Gasteiger partial charge in [0.1, 0.15) is 0 Å². The summed E-state index contributed by atoms with van der Waals surface area (Å²) in [7, 11) is 0. The van der Waals surface area contributed by atoms with Crippen LogP contribution in [0.2, 0.25) is 0 Å². The summed E-state index contributed by atoms with van der Waals surface area (Å²) in [4.78, 5) is 0. The van der Waals surface area contributed by atoms with Crippen molar-refractivity contribution in [1.29, 1.82) is 0 Å². The molecule has 0 aromatic heterocycles. The van der Waals surface area contributed by atoms with Crippen LogP contribution in [0.25, 0.3) is 5.57 Å². The van der Waals surface area contributed by atoms with Gasteiger partial charge in [0.15, 0.2) is 5.29 Å². The maximum absolute atomic E-state index is 13.4. The SMILES string of the molecule is FC(Cl)=C(c1ccccc1)c1ccccc1. The van der Waals surface area contributed by atoms with E-state index in [2.05, 4.69) is 0 Å². The topological polar surface area (TPSA) is 0 Å². The van der Waals surface area contributed by atoms with Gasteiger partial charge in [0, 0.05) is 5.57 Å². The molecule has 2 aromatic rings. The number of benzene rings is 2. The Morgan fingerprint density at radius 3 is 1.44 bits per heavy atom. The molecule has 0 unspecified atom stereocenters. The van der Waals surface area contributed by atoms with Crippen molar-refractivity contribution >= 4 is 17.2 Å². The standard InChI is InChI=1S/C14H10ClF/c15-14(16)13(11-7-3-1-4-8-11)12-9-5-2-6-10-12/h1-10H. The molecule has 0 fully saturated rings. The van der Waals surface area contributed by atoms with Crippen LogP contribution in [-0.4, -0.2) is 0 Å². The molecule has 0 spiro atoms. The van der Waals surface area contributed by atoms with Crippen LogP contribution in [0.15, 0.2) is 65.9 Å². The summed E-state index contributed by atoms with van der Waals surface area (Å²) < 4.78 is 13.4. The lowest BCUT2D eigenvalue weighted by atomic mass is 10.00. The maximum Gasteiger partial charge on any atom is 0.197 e. The van der Waals surface area contributed by atoms with E-state index in [1.54, 1.807) is 0 Å². The third-order valence-electron chi connectivity index (χ3n) is 2.31. The van der Waals surface area contributed by atoms with E-state index in [0.29, 0.717) is 5.57 Å². The van der Waals surface area contributed by atoms with Crippen LogP contribution in [-0.2, 0) is 0 Å². The second-order valence-electron chi connectivity index (χ2n) is 3.37. The second-order valence-corrected chi connectivity index (χ2v) is 3.70. The second kappa shape index (κ2) is 4.95. The molecule has 2 aromatic carbocycles. The lowest BCUT2D eigenvalue weighted by Crippen LogP contribution is -1.88. The number of hydrogen-bond donors (Lipinski definition) is 0. The average Bonchev–Trinajstić information content (AvgIpc) is 2.31. The molecule has 16 heavy (non-hydrogen) atoms. The van der Waals surface area contributed by atoms with Crippen molar-refractivity contribution in [2.75, 3.05) is 0 Å². The minimum Gasteiger partial charge on any atom is -0.193 e. The summed E-state index contributed by atoms with van der Waals surface area (Å²) in [5, 5.41) is -0.683. The highest BCUT2D eigenvalue weighted by molar-refractivity contribution is 6.32. The highest BCUT2D eigenvalue weighted by atomic mass is 35.5. The number of hydrogen-bond acceptors (Lipinski definition) is 0. The molecule has 80 valence electrons. The van der Waals surface area contributed by atoms with Gasteiger partial charge in [-0.2, -0.15) is 4.39 Å². The molecule has 0 radical (unpaired) electrons. The van der Waals surface area contributed by atoms with Crippen molar-refractivity contribution in [3.63, 3.8) is 0 Å². The van der Waals surface area contributed by atoms with Gasteiger partial charge in [-0.1, -0.05) is 72.3 Å². The molecule has 0 aliphatic rings. The number of halogens is 2. The van der Waals surface area contributed by atoms with E-state index >= 15 is 0 Å². The van der Waals surface area contributed by atoms with E-state index in [1.807, 2.05) is 60.7 Å². The van der Waals surface area contributed by atoms with E-state index in [-0.39, 0.29) is 0 Å². The minimum absolute atomic E-state index is 0.433. The first-order valence-corrected chi connectivity index (χ1v) is 5.33. The molecule has 0 bridgehead atoms. The Labute approximate surface area is 99.0 Å².